The molecule has 1 heterocycles. The minimum atomic E-state index is -0.249. The van der Waals surface area contributed by atoms with Crippen LogP contribution in [0.3, 0.4) is 0 Å². The molecule has 78 valence electrons. The summed E-state index contributed by atoms with van der Waals surface area (Å²) >= 11 is 1.46. The summed E-state index contributed by atoms with van der Waals surface area (Å²) in [5, 5.41) is 0.533. The number of anilines is 1. The maximum atomic E-state index is 13.0. The Hall–Kier alpha value is -1.42. The van der Waals surface area contributed by atoms with Crippen molar-refractivity contribution in [1.29, 1.82) is 0 Å². The van der Waals surface area contributed by atoms with Crippen LogP contribution in [0.4, 0.5) is 9.52 Å². The van der Waals surface area contributed by atoms with Gasteiger partial charge in [-0.15, -0.1) is 11.3 Å². The Labute approximate surface area is 91.6 Å². The zero-order chi connectivity index (χ0) is 10.8. The molecule has 0 aliphatic rings. The maximum Gasteiger partial charge on any atom is 0.180 e. The van der Waals surface area contributed by atoms with Crippen LogP contribution in [0.1, 0.15) is 11.8 Å². The fourth-order valence-electron chi connectivity index (χ4n) is 1.47. The first-order chi connectivity index (χ1) is 7.20. The van der Waals surface area contributed by atoms with Crippen molar-refractivity contribution in [2.75, 3.05) is 5.73 Å². The Balaban J connectivity index is 2.53. The van der Waals surface area contributed by atoms with Crippen LogP contribution in [0.5, 0.6) is 0 Å². The molecule has 2 N–H and O–H groups in total. The third kappa shape index (κ3) is 1.99. The summed E-state index contributed by atoms with van der Waals surface area (Å²) in [5.74, 6) is -0.249. The predicted octanol–water partition coefficient (Wildman–Crippen LogP) is 3.09. The third-order valence-corrected chi connectivity index (χ3v) is 3.16. The van der Waals surface area contributed by atoms with E-state index < -0.39 is 0 Å². The molecule has 0 radical (unpaired) electrons. The molecule has 4 heteroatoms. The summed E-state index contributed by atoms with van der Waals surface area (Å²) in [5.41, 5.74) is 7.24. The molecule has 0 amide bonds. The molecule has 1 aromatic heterocycles. The van der Waals surface area contributed by atoms with E-state index in [1.165, 1.54) is 23.5 Å². The Morgan fingerprint density at radius 3 is 2.93 bits per heavy atom. The predicted molar refractivity (Wildman–Crippen MR) is 61.3 cm³/mol. The van der Waals surface area contributed by atoms with E-state index in [-0.39, 0.29) is 5.82 Å². The third-order valence-electron chi connectivity index (χ3n) is 2.13. The molecular formula is C11H11FN2S. The number of aryl methyl sites for hydroxylation is 1. The monoisotopic (exact) mass is 222 g/mol. The number of thiazole rings is 1. The van der Waals surface area contributed by atoms with Crippen molar-refractivity contribution in [3.05, 3.63) is 35.0 Å². The Morgan fingerprint density at radius 1 is 1.47 bits per heavy atom. The summed E-state index contributed by atoms with van der Waals surface area (Å²) < 4.78 is 13.0. The number of benzene rings is 1. The number of aromatic nitrogens is 1. The van der Waals surface area contributed by atoms with Crippen molar-refractivity contribution in [3.63, 3.8) is 0 Å². The smallest absolute Gasteiger partial charge is 0.180 e. The van der Waals surface area contributed by atoms with Gasteiger partial charge in [-0.2, -0.15) is 0 Å². The largest absolute Gasteiger partial charge is 0.375 e. The van der Waals surface area contributed by atoms with Gasteiger partial charge in [0, 0.05) is 10.4 Å². The molecule has 2 rings (SSSR count). The number of hydrogen-bond acceptors (Lipinski definition) is 3. The van der Waals surface area contributed by atoms with E-state index in [0.29, 0.717) is 5.13 Å². The second-order valence-corrected chi connectivity index (χ2v) is 4.30. The van der Waals surface area contributed by atoms with Crippen LogP contribution in [0.25, 0.3) is 11.3 Å². The van der Waals surface area contributed by atoms with Gasteiger partial charge in [-0.3, -0.25) is 0 Å². The molecule has 0 aliphatic carbocycles. The minimum Gasteiger partial charge on any atom is -0.375 e. The first-order valence-corrected chi connectivity index (χ1v) is 5.53. The highest BCUT2D eigenvalue weighted by atomic mass is 32.1. The molecule has 0 aliphatic heterocycles. The van der Waals surface area contributed by atoms with Gasteiger partial charge in [-0.1, -0.05) is 19.1 Å². The van der Waals surface area contributed by atoms with E-state index in [4.69, 9.17) is 5.73 Å². The molecular weight excluding hydrogens is 211 g/mol. The van der Waals surface area contributed by atoms with E-state index in [2.05, 4.69) is 4.98 Å². The quantitative estimate of drug-likeness (QED) is 0.848. The average molecular weight is 222 g/mol. The molecule has 15 heavy (non-hydrogen) atoms. The van der Waals surface area contributed by atoms with Crippen molar-refractivity contribution in [2.45, 2.75) is 13.3 Å². The maximum absolute atomic E-state index is 13.0. The first-order valence-electron chi connectivity index (χ1n) is 4.72. The van der Waals surface area contributed by atoms with Gasteiger partial charge in [0.25, 0.3) is 0 Å². The Kier molecular flexibility index (Phi) is 2.68. The SMILES string of the molecule is CCc1sc(N)nc1-c1cccc(F)c1. The summed E-state index contributed by atoms with van der Waals surface area (Å²) in [6.07, 6.45) is 0.862. The molecule has 0 saturated heterocycles. The van der Waals surface area contributed by atoms with Gasteiger partial charge in [-0.05, 0) is 18.6 Å². The lowest BCUT2D eigenvalue weighted by molar-refractivity contribution is 0.628. The van der Waals surface area contributed by atoms with Crippen LogP contribution < -0.4 is 5.73 Å². The number of halogens is 1. The van der Waals surface area contributed by atoms with Crippen LogP contribution in [-0.2, 0) is 6.42 Å². The van der Waals surface area contributed by atoms with Gasteiger partial charge in [0.2, 0.25) is 0 Å². The van der Waals surface area contributed by atoms with E-state index in [9.17, 15) is 4.39 Å². The second kappa shape index (κ2) is 3.98. The zero-order valence-electron chi connectivity index (χ0n) is 8.33. The normalized spacial score (nSPS) is 10.5. The van der Waals surface area contributed by atoms with Crippen LogP contribution in [0.2, 0.25) is 0 Å². The Morgan fingerprint density at radius 2 is 2.27 bits per heavy atom. The molecule has 2 nitrogen and oxygen atoms in total. The average Bonchev–Trinajstić information content (AvgIpc) is 2.59. The van der Waals surface area contributed by atoms with Crippen molar-refractivity contribution < 1.29 is 4.39 Å². The lowest BCUT2D eigenvalue weighted by Crippen LogP contribution is -1.86. The minimum absolute atomic E-state index is 0.249. The van der Waals surface area contributed by atoms with Crippen molar-refractivity contribution in [1.82, 2.24) is 4.98 Å². The van der Waals surface area contributed by atoms with E-state index in [1.54, 1.807) is 6.07 Å². The standard InChI is InChI=1S/C11H11FN2S/c1-2-9-10(14-11(13)15-9)7-4-3-5-8(12)6-7/h3-6H,2H2,1H3,(H2,13,14). The molecule has 0 bridgehead atoms. The first kappa shape index (κ1) is 10.1. The number of nitrogens with two attached hydrogens (primary N) is 1. The number of hydrogen-bond donors (Lipinski definition) is 1. The lowest BCUT2D eigenvalue weighted by Gasteiger charge is -1.99. The molecule has 2 aromatic rings. The van der Waals surface area contributed by atoms with E-state index in [1.807, 2.05) is 13.0 Å². The van der Waals surface area contributed by atoms with Gasteiger partial charge >= 0.3 is 0 Å². The Bertz CT molecular complexity index is 479. The molecule has 0 atom stereocenters. The highest BCUT2D eigenvalue weighted by molar-refractivity contribution is 7.15. The second-order valence-electron chi connectivity index (χ2n) is 3.19. The molecule has 0 unspecified atom stereocenters. The number of nitrogen functional groups attached to an aromatic ring is 1. The van der Waals surface area contributed by atoms with Gasteiger partial charge < -0.3 is 5.73 Å². The number of rotatable bonds is 2. The topological polar surface area (TPSA) is 38.9 Å². The fraction of sp³-hybridized carbons (Fsp3) is 0.182. The van der Waals surface area contributed by atoms with Gasteiger partial charge in [0.05, 0.1) is 5.69 Å². The van der Waals surface area contributed by atoms with Gasteiger partial charge in [0.1, 0.15) is 5.82 Å². The summed E-state index contributed by atoms with van der Waals surface area (Å²) in [4.78, 5) is 5.32. The van der Waals surface area contributed by atoms with Crippen LogP contribution in [0.15, 0.2) is 24.3 Å². The van der Waals surface area contributed by atoms with Gasteiger partial charge in [0.15, 0.2) is 5.13 Å². The molecule has 0 saturated carbocycles. The molecule has 1 aromatic carbocycles. The number of nitrogens with zero attached hydrogens (tertiary/aromatic N) is 1. The van der Waals surface area contributed by atoms with Gasteiger partial charge in [-0.25, -0.2) is 9.37 Å². The van der Waals surface area contributed by atoms with Crippen molar-refractivity contribution >= 4 is 16.5 Å². The highest BCUT2D eigenvalue weighted by Crippen LogP contribution is 2.30. The lowest BCUT2D eigenvalue weighted by atomic mass is 10.1. The van der Waals surface area contributed by atoms with E-state index >= 15 is 0 Å². The summed E-state index contributed by atoms with van der Waals surface area (Å²) in [6.45, 7) is 2.04. The van der Waals surface area contributed by atoms with Crippen molar-refractivity contribution in [2.24, 2.45) is 0 Å². The summed E-state index contributed by atoms with van der Waals surface area (Å²) in [6, 6.07) is 6.43. The van der Waals surface area contributed by atoms with Crippen LogP contribution in [0, 0.1) is 5.82 Å². The van der Waals surface area contributed by atoms with Crippen LogP contribution in [-0.4, -0.2) is 4.98 Å². The zero-order valence-corrected chi connectivity index (χ0v) is 9.14. The fourth-order valence-corrected chi connectivity index (χ4v) is 2.26. The highest BCUT2D eigenvalue weighted by Gasteiger charge is 2.10. The summed E-state index contributed by atoms with van der Waals surface area (Å²) in [7, 11) is 0. The van der Waals surface area contributed by atoms with Crippen LogP contribution >= 0.6 is 11.3 Å². The molecule has 0 fully saturated rings. The molecule has 0 spiro atoms. The van der Waals surface area contributed by atoms with Crippen molar-refractivity contribution in [3.8, 4) is 11.3 Å². The van der Waals surface area contributed by atoms with E-state index in [0.717, 1.165) is 22.6 Å².